The zero-order valence-electron chi connectivity index (χ0n) is 8.31. The average Bonchev–Trinajstić information content (AvgIpc) is 2.80. The number of rotatable bonds is 3. The van der Waals surface area contributed by atoms with Gasteiger partial charge >= 0.3 is 0 Å². The Morgan fingerprint density at radius 3 is 3.00 bits per heavy atom. The van der Waals surface area contributed by atoms with Crippen molar-refractivity contribution in [1.29, 1.82) is 5.26 Å². The van der Waals surface area contributed by atoms with E-state index >= 15 is 0 Å². The topological polar surface area (TPSA) is 116 Å². The van der Waals surface area contributed by atoms with Crippen LogP contribution in [-0.4, -0.2) is 20.2 Å². The number of nitriles is 1. The zero-order chi connectivity index (χ0) is 11.4. The first-order valence-electron chi connectivity index (χ1n) is 4.53. The van der Waals surface area contributed by atoms with Crippen molar-refractivity contribution in [1.82, 2.24) is 20.2 Å². The van der Waals surface area contributed by atoms with Gasteiger partial charge in [0.1, 0.15) is 24.0 Å². The van der Waals surface area contributed by atoms with E-state index < -0.39 is 0 Å². The molecule has 0 aliphatic carbocycles. The molecular weight excluding hydrogens is 206 g/mol. The Kier molecular flexibility index (Phi) is 2.65. The van der Waals surface area contributed by atoms with Gasteiger partial charge in [0.2, 0.25) is 0 Å². The highest BCUT2D eigenvalue weighted by atomic mass is 15.2. The number of aromatic amines is 1. The largest absolute Gasteiger partial charge is 0.396 e. The predicted molar refractivity (Wildman–Crippen MR) is 57.1 cm³/mol. The Morgan fingerprint density at radius 2 is 2.38 bits per heavy atom. The first-order valence-corrected chi connectivity index (χ1v) is 4.53. The lowest BCUT2D eigenvalue weighted by molar-refractivity contribution is 0.948. The average molecular weight is 215 g/mol. The third-order valence-electron chi connectivity index (χ3n) is 1.93. The summed E-state index contributed by atoms with van der Waals surface area (Å²) in [5.74, 6) is 1.21. The molecule has 7 heteroatoms. The van der Waals surface area contributed by atoms with E-state index in [4.69, 9.17) is 11.0 Å². The van der Waals surface area contributed by atoms with E-state index in [0.29, 0.717) is 29.4 Å². The molecule has 2 heterocycles. The highest BCUT2D eigenvalue weighted by Crippen LogP contribution is 2.16. The molecule has 0 aliphatic rings. The molecule has 0 saturated carbocycles. The Labute approximate surface area is 91.3 Å². The predicted octanol–water partition coefficient (Wildman–Crippen LogP) is 0.266. The zero-order valence-corrected chi connectivity index (χ0v) is 8.31. The summed E-state index contributed by atoms with van der Waals surface area (Å²) in [5, 5.41) is 18.0. The van der Waals surface area contributed by atoms with Crippen molar-refractivity contribution in [2.75, 3.05) is 11.1 Å². The molecule has 4 N–H and O–H groups in total. The van der Waals surface area contributed by atoms with Crippen LogP contribution in [0.5, 0.6) is 0 Å². The monoisotopic (exact) mass is 215 g/mol. The van der Waals surface area contributed by atoms with Crippen molar-refractivity contribution >= 4 is 11.5 Å². The molecule has 0 bridgehead atoms. The van der Waals surface area contributed by atoms with Gasteiger partial charge < -0.3 is 11.1 Å². The van der Waals surface area contributed by atoms with Crippen LogP contribution in [-0.2, 0) is 6.54 Å². The third kappa shape index (κ3) is 2.06. The van der Waals surface area contributed by atoms with E-state index in [1.807, 2.05) is 6.07 Å². The summed E-state index contributed by atoms with van der Waals surface area (Å²) in [6.07, 6.45) is 2.88. The summed E-state index contributed by atoms with van der Waals surface area (Å²) < 4.78 is 0. The van der Waals surface area contributed by atoms with Gasteiger partial charge in [0.15, 0.2) is 0 Å². The molecule has 0 atom stereocenters. The summed E-state index contributed by atoms with van der Waals surface area (Å²) >= 11 is 0. The molecule has 0 unspecified atom stereocenters. The number of H-pyrrole nitrogens is 1. The van der Waals surface area contributed by atoms with Gasteiger partial charge in [-0.3, -0.25) is 5.10 Å². The summed E-state index contributed by atoms with van der Waals surface area (Å²) in [6.45, 7) is 0.448. The van der Waals surface area contributed by atoms with Gasteiger partial charge in [-0.2, -0.15) is 10.4 Å². The second-order valence-corrected chi connectivity index (χ2v) is 3.06. The molecule has 0 radical (unpaired) electrons. The first-order chi connectivity index (χ1) is 7.79. The highest BCUT2D eigenvalue weighted by molar-refractivity contribution is 5.62. The molecule has 0 fully saturated rings. The van der Waals surface area contributed by atoms with Gasteiger partial charge in [-0.15, -0.1) is 0 Å². The van der Waals surface area contributed by atoms with Crippen molar-refractivity contribution < 1.29 is 0 Å². The van der Waals surface area contributed by atoms with E-state index in [1.165, 1.54) is 12.5 Å². The smallest absolute Gasteiger partial charge is 0.149 e. The van der Waals surface area contributed by atoms with Crippen LogP contribution in [0.2, 0.25) is 0 Å². The van der Waals surface area contributed by atoms with Gasteiger partial charge in [0.05, 0.1) is 17.8 Å². The maximum Gasteiger partial charge on any atom is 0.149 e. The second kappa shape index (κ2) is 4.27. The molecule has 0 spiro atoms. The van der Waals surface area contributed by atoms with E-state index in [9.17, 15) is 0 Å². The van der Waals surface area contributed by atoms with Crippen molar-refractivity contribution in [2.45, 2.75) is 6.54 Å². The highest BCUT2D eigenvalue weighted by Gasteiger charge is 2.02. The molecule has 0 saturated heterocycles. The quantitative estimate of drug-likeness (QED) is 0.676. The Hall–Kier alpha value is -2.62. The van der Waals surface area contributed by atoms with Gasteiger partial charge in [-0.25, -0.2) is 9.97 Å². The van der Waals surface area contributed by atoms with Crippen LogP contribution in [0, 0.1) is 11.3 Å². The number of nitrogens with one attached hydrogen (secondary N) is 2. The number of hydrogen-bond acceptors (Lipinski definition) is 6. The van der Waals surface area contributed by atoms with Crippen molar-refractivity contribution in [3.05, 3.63) is 30.0 Å². The van der Waals surface area contributed by atoms with E-state index in [1.54, 1.807) is 6.07 Å². The summed E-state index contributed by atoms with van der Waals surface area (Å²) in [6, 6.07) is 3.53. The molecule has 2 rings (SSSR count). The number of nitrogens with two attached hydrogens (primary N) is 1. The normalized spacial score (nSPS) is 9.69. The van der Waals surface area contributed by atoms with E-state index in [2.05, 4.69) is 25.5 Å². The summed E-state index contributed by atoms with van der Waals surface area (Å²) in [5.41, 5.74) is 6.58. The standard InChI is InChI=1S/C9H9N7/c10-2-6-1-7(11)9(12-3-6)13-4-8-14-5-15-16-8/h1,3,5H,4,11H2,(H,12,13)(H,14,15,16). The number of aromatic nitrogens is 4. The van der Waals surface area contributed by atoms with E-state index in [0.717, 1.165) is 0 Å². The minimum atomic E-state index is 0.429. The molecule has 2 aromatic heterocycles. The Balaban J connectivity index is 2.08. The fraction of sp³-hybridized carbons (Fsp3) is 0.111. The molecule has 80 valence electrons. The number of nitrogen functional groups attached to an aromatic ring is 1. The van der Waals surface area contributed by atoms with Crippen LogP contribution >= 0.6 is 0 Å². The first kappa shape index (κ1) is 9.92. The molecule has 7 nitrogen and oxygen atoms in total. The number of anilines is 2. The van der Waals surface area contributed by atoms with Crippen molar-refractivity contribution in [3.63, 3.8) is 0 Å². The summed E-state index contributed by atoms with van der Waals surface area (Å²) in [7, 11) is 0. The van der Waals surface area contributed by atoms with Gasteiger partial charge in [0, 0.05) is 6.20 Å². The lowest BCUT2D eigenvalue weighted by atomic mass is 10.3. The molecule has 0 aromatic carbocycles. The fourth-order valence-corrected chi connectivity index (χ4v) is 1.17. The molecule has 16 heavy (non-hydrogen) atoms. The lowest BCUT2D eigenvalue weighted by Crippen LogP contribution is -2.06. The molecule has 2 aromatic rings. The fourth-order valence-electron chi connectivity index (χ4n) is 1.17. The number of hydrogen-bond donors (Lipinski definition) is 3. The Bertz CT molecular complexity index is 511. The second-order valence-electron chi connectivity index (χ2n) is 3.06. The maximum absolute atomic E-state index is 8.64. The van der Waals surface area contributed by atoms with Crippen LogP contribution in [0.15, 0.2) is 18.6 Å². The van der Waals surface area contributed by atoms with Crippen LogP contribution < -0.4 is 11.1 Å². The molecular formula is C9H9N7. The van der Waals surface area contributed by atoms with Crippen molar-refractivity contribution in [2.24, 2.45) is 0 Å². The lowest BCUT2D eigenvalue weighted by Gasteiger charge is -2.06. The maximum atomic E-state index is 8.64. The Morgan fingerprint density at radius 1 is 1.50 bits per heavy atom. The minimum Gasteiger partial charge on any atom is -0.396 e. The van der Waals surface area contributed by atoms with Gasteiger partial charge in [0.25, 0.3) is 0 Å². The molecule has 0 amide bonds. The number of nitrogens with zero attached hydrogens (tertiary/aromatic N) is 4. The van der Waals surface area contributed by atoms with Crippen molar-refractivity contribution in [3.8, 4) is 6.07 Å². The van der Waals surface area contributed by atoms with E-state index in [-0.39, 0.29) is 0 Å². The molecule has 0 aliphatic heterocycles. The minimum absolute atomic E-state index is 0.429. The van der Waals surface area contributed by atoms with Gasteiger partial charge in [-0.1, -0.05) is 0 Å². The van der Waals surface area contributed by atoms with Crippen LogP contribution in [0.25, 0.3) is 0 Å². The van der Waals surface area contributed by atoms with Crippen LogP contribution in [0.3, 0.4) is 0 Å². The number of pyridine rings is 1. The van der Waals surface area contributed by atoms with Gasteiger partial charge in [-0.05, 0) is 6.07 Å². The third-order valence-corrected chi connectivity index (χ3v) is 1.93. The van der Waals surface area contributed by atoms with Crippen LogP contribution in [0.4, 0.5) is 11.5 Å². The SMILES string of the molecule is N#Cc1cnc(NCc2ncn[nH]2)c(N)c1. The van der Waals surface area contributed by atoms with Crippen LogP contribution in [0.1, 0.15) is 11.4 Å². The summed E-state index contributed by atoms with van der Waals surface area (Å²) in [4.78, 5) is 7.97.